The third-order valence-corrected chi connectivity index (χ3v) is 3.82. The first-order valence-electron chi connectivity index (χ1n) is 5.82. The van der Waals surface area contributed by atoms with Gasteiger partial charge in [-0.2, -0.15) is 0 Å². The van der Waals surface area contributed by atoms with Crippen molar-refractivity contribution in [3.63, 3.8) is 0 Å². The van der Waals surface area contributed by atoms with E-state index in [4.69, 9.17) is 16.7 Å². The average molecular weight is 364 g/mol. The number of halogens is 2. The van der Waals surface area contributed by atoms with E-state index in [0.717, 1.165) is 9.37 Å². The van der Waals surface area contributed by atoms with Crippen molar-refractivity contribution in [3.8, 4) is 0 Å². The van der Waals surface area contributed by atoms with Gasteiger partial charge in [-0.25, -0.2) is 9.59 Å². The number of nitrogens with zero attached hydrogens (tertiary/aromatic N) is 1. The van der Waals surface area contributed by atoms with Gasteiger partial charge in [0, 0.05) is 17.4 Å². The van der Waals surface area contributed by atoms with Gasteiger partial charge in [-0.15, -0.1) is 0 Å². The summed E-state index contributed by atoms with van der Waals surface area (Å²) in [6.45, 7) is -0.0194. The molecule has 0 unspecified atom stereocenters. The fourth-order valence-electron chi connectivity index (χ4n) is 2.05. The summed E-state index contributed by atoms with van der Waals surface area (Å²) in [5.41, 5.74) is 0.372. The number of aliphatic hydroxyl groups excluding tert-OH is 1. The average Bonchev–Trinajstić information content (AvgIpc) is 2.76. The fourth-order valence-corrected chi connectivity index (χ4v) is 2.58. The van der Waals surface area contributed by atoms with Crippen molar-refractivity contribution in [2.24, 2.45) is 0 Å². The van der Waals surface area contributed by atoms with Crippen LogP contribution in [0.5, 0.6) is 0 Å². The Bertz CT molecular complexity index is 554. The van der Waals surface area contributed by atoms with Crippen molar-refractivity contribution >= 4 is 45.2 Å². The number of hydrogen-bond donors (Lipinski definition) is 3. The minimum Gasteiger partial charge on any atom is -0.480 e. The number of carboxylic acids is 1. The second-order valence-electron chi connectivity index (χ2n) is 4.45. The molecule has 0 spiro atoms. The first-order chi connectivity index (χ1) is 9.38. The highest BCUT2D eigenvalue weighted by molar-refractivity contribution is 9.10. The minimum absolute atomic E-state index is 0.0194. The fraction of sp³-hybridized carbons (Fsp3) is 0.333. The van der Waals surface area contributed by atoms with E-state index in [9.17, 15) is 14.7 Å². The van der Waals surface area contributed by atoms with Gasteiger partial charge in [0.05, 0.1) is 16.8 Å². The maximum absolute atomic E-state index is 12.1. The van der Waals surface area contributed by atoms with Crippen LogP contribution in [0.4, 0.5) is 10.5 Å². The number of anilines is 1. The van der Waals surface area contributed by atoms with Gasteiger partial charge in [-0.05, 0) is 18.2 Å². The molecule has 1 aliphatic rings. The monoisotopic (exact) mass is 362 g/mol. The van der Waals surface area contributed by atoms with Crippen LogP contribution in [0, 0.1) is 0 Å². The molecule has 0 saturated carbocycles. The number of hydrogen-bond acceptors (Lipinski definition) is 3. The molecule has 8 heteroatoms. The Labute approximate surface area is 128 Å². The third kappa shape index (κ3) is 3.23. The molecule has 0 aliphatic carbocycles. The molecule has 1 saturated heterocycles. The van der Waals surface area contributed by atoms with Crippen LogP contribution in [0.15, 0.2) is 22.7 Å². The molecule has 0 radical (unpaired) electrons. The number of β-amino-alcohol motifs (C(OH)–C–C–N with tert-alkyl or cyclic N) is 1. The van der Waals surface area contributed by atoms with Crippen molar-refractivity contribution in [3.05, 3.63) is 27.7 Å². The van der Waals surface area contributed by atoms with Crippen LogP contribution in [0.25, 0.3) is 0 Å². The normalized spacial score (nSPS) is 21.9. The maximum Gasteiger partial charge on any atom is 0.326 e. The quantitative estimate of drug-likeness (QED) is 0.751. The zero-order valence-electron chi connectivity index (χ0n) is 10.2. The molecule has 1 aromatic carbocycles. The summed E-state index contributed by atoms with van der Waals surface area (Å²) < 4.78 is 0.730. The van der Waals surface area contributed by atoms with Gasteiger partial charge in [0.1, 0.15) is 6.04 Å². The third-order valence-electron chi connectivity index (χ3n) is 2.99. The van der Waals surface area contributed by atoms with Crippen molar-refractivity contribution < 1.29 is 19.8 Å². The van der Waals surface area contributed by atoms with E-state index < -0.39 is 24.1 Å². The topological polar surface area (TPSA) is 89.9 Å². The Kier molecular flexibility index (Phi) is 4.52. The van der Waals surface area contributed by atoms with Crippen LogP contribution in [-0.4, -0.2) is 45.8 Å². The smallest absolute Gasteiger partial charge is 0.326 e. The Morgan fingerprint density at radius 1 is 1.45 bits per heavy atom. The summed E-state index contributed by atoms with van der Waals surface area (Å²) in [6.07, 6.45) is -0.811. The molecule has 2 atom stereocenters. The summed E-state index contributed by atoms with van der Waals surface area (Å²) in [4.78, 5) is 24.3. The van der Waals surface area contributed by atoms with Crippen LogP contribution < -0.4 is 5.32 Å². The highest BCUT2D eigenvalue weighted by Crippen LogP contribution is 2.27. The number of amides is 2. The number of urea groups is 1. The first-order valence-corrected chi connectivity index (χ1v) is 6.99. The molecule has 0 bridgehead atoms. The number of nitrogens with one attached hydrogen (secondary N) is 1. The number of carbonyl (C=O) groups is 2. The van der Waals surface area contributed by atoms with Crippen LogP contribution >= 0.6 is 27.5 Å². The van der Waals surface area contributed by atoms with E-state index in [1.165, 1.54) is 0 Å². The van der Waals surface area contributed by atoms with Crippen LogP contribution in [0.2, 0.25) is 5.02 Å². The predicted molar refractivity (Wildman–Crippen MR) is 76.9 cm³/mol. The molecule has 6 nitrogen and oxygen atoms in total. The minimum atomic E-state index is -1.14. The van der Waals surface area contributed by atoms with Gasteiger partial charge in [-0.3, -0.25) is 0 Å². The van der Waals surface area contributed by atoms with E-state index in [1.54, 1.807) is 18.2 Å². The molecule has 1 aliphatic heterocycles. The van der Waals surface area contributed by atoms with E-state index in [1.807, 2.05) is 0 Å². The first kappa shape index (κ1) is 15.1. The van der Waals surface area contributed by atoms with Gasteiger partial charge in [-0.1, -0.05) is 27.5 Å². The highest BCUT2D eigenvalue weighted by Gasteiger charge is 2.39. The van der Waals surface area contributed by atoms with E-state index in [-0.39, 0.29) is 13.0 Å². The molecular weight excluding hydrogens is 351 g/mol. The van der Waals surface area contributed by atoms with Crippen LogP contribution in [0.3, 0.4) is 0 Å². The largest absolute Gasteiger partial charge is 0.480 e. The summed E-state index contributed by atoms with van der Waals surface area (Å²) in [6, 6.07) is 3.31. The number of aliphatic carboxylic acids is 1. The van der Waals surface area contributed by atoms with Gasteiger partial charge in [0.25, 0.3) is 0 Å². The molecular formula is C12H12BrClN2O4. The van der Waals surface area contributed by atoms with Crippen molar-refractivity contribution in [1.82, 2.24) is 4.90 Å². The van der Waals surface area contributed by atoms with Crippen molar-refractivity contribution in [1.29, 1.82) is 0 Å². The Morgan fingerprint density at radius 2 is 2.15 bits per heavy atom. The van der Waals surface area contributed by atoms with Gasteiger partial charge < -0.3 is 20.4 Å². The SMILES string of the molecule is O=C(O)[C@H]1C[C@@H](O)CN1C(=O)Nc1cc(Br)ccc1Cl. The van der Waals surface area contributed by atoms with Crippen LogP contribution in [-0.2, 0) is 4.79 Å². The second-order valence-corrected chi connectivity index (χ2v) is 5.77. The van der Waals surface area contributed by atoms with E-state index in [0.29, 0.717) is 10.7 Å². The number of likely N-dealkylation sites (tertiary alicyclic amines) is 1. The number of aliphatic hydroxyl groups is 1. The standard InChI is InChI=1S/C12H12BrClN2O4/c13-6-1-2-8(14)9(3-6)15-12(20)16-5-7(17)4-10(16)11(18)19/h1-3,7,10,17H,4-5H2,(H,15,20)(H,18,19)/t7-,10-/m1/s1. The summed E-state index contributed by atoms with van der Waals surface area (Å²) in [7, 11) is 0. The van der Waals surface area contributed by atoms with Crippen molar-refractivity contribution in [2.75, 3.05) is 11.9 Å². The molecule has 2 rings (SSSR count). The lowest BCUT2D eigenvalue weighted by Crippen LogP contribution is -2.43. The van der Waals surface area contributed by atoms with Gasteiger partial charge in [0.2, 0.25) is 0 Å². The maximum atomic E-state index is 12.1. The highest BCUT2D eigenvalue weighted by atomic mass is 79.9. The predicted octanol–water partition coefficient (Wildman–Crippen LogP) is 2.15. The van der Waals surface area contributed by atoms with Gasteiger partial charge >= 0.3 is 12.0 Å². The zero-order chi connectivity index (χ0) is 14.9. The lowest BCUT2D eigenvalue weighted by atomic mass is 10.2. The zero-order valence-corrected chi connectivity index (χ0v) is 12.6. The number of carboxylic acid groups (broad SMARTS) is 1. The number of carbonyl (C=O) groups excluding carboxylic acids is 1. The van der Waals surface area contributed by atoms with Crippen LogP contribution in [0.1, 0.15) is 6.42 Å². The Hall–Kier alpha value is -1.31. The van der Waals surface area contributed by atoms with E-state index >= 15 is 0 Å². The molecule has 2 amide bonds. The lowest BCUT2D eigenvalue weighted by molar-refractivity contribution is -0.141. The molecule has 0 aromatic heterocycles. The number of benzene rings is 1. The molecule has 1 fully saturated rings. The molecule has 20 heavy (non-hydrogen) atoms. The van der Waals surface area contributed by atoms with E-state index in [2.05, 4.69) is 21.2 Å². The van der Waals surface area contributed by atoms with Crippen molar-refractivity contribution in [2.45, 2.75) is 18.6 Å². The summed E-state index contributed by atoms with van der Waals surface area (Å²) in [5.74, 6) is -1.14. The molecule has 108 valence electrons. The molecule has 3 N–H and O–H groups in total. The Balaban J connectivity index is 2.15. The summed E-state index contributed by atoms with van der Waals surface area (Å²) >= 11 is 9.21. The second kappa shape index (κ2) is 5.99. The molecule has 1 aromatic rings. The Morgan fingerprint density at radius 3 is 2.80 bits per heavy atom. The molecule has 1 heterocycles. The number of rotatable bonds is 2. The summed E-state index contributed by atoms with van der Waals surface area (Å²) in [5, 5.41) is 21.5. The lowest BCUT2D eigenvalue weighted by Gasteiger charge is -2.22. The van der Waals surface area contributed by atoms with Gasteiger partial charge in [0.15, 0.2) is 0 Å².